The molecule has 3 aromatic rings. The molecule has 3 rings (SSSR count). The summed E-state index contributed by atoms with van der Waals surface area (Å²) in [4.78, 5) is 13.4. The summed E-state index contributed by atoms with van der Waals surface area (Å²) in [7, 11) is 0. The van der Waals surface area contributed by atoms with E-state index in [4.69, 9.17) is 0 Å². The molecule has 0 aliphatic rings. The van der Waals surface area contributed by atoms with Crippen molar-refractivity contribution in [3.63, 3.8) is 0 Å². The van der Waals surface area contributed by atoms with E-state index in [1.807, 2.05) is 54.9 Å². The van der Waals surface area contributed by atoms with Gasteiger partial charge in [0.15, 0.2) is 0 Å². The Morgan fingerprint density at radius 2 is 1.15 bits per heavy atom. The van der Waals surface area contributed by atoms with E-state index in [0.29, 0.717) is 0 Å². The fourth-order valence-electron chi connectivity index (χ4n) is 2.07. The second-order valence-electron chi connectivity index (χ2n) is 4.84. The van der Waals surface area contributed by atoms with Gasteiger partial charge in [-0.1, -0.05) is 6.07 Å². The van der Waals surface area contributed by atoms with Crippen LogP contribution in [0.15, 0.2) is 54.9 Å². The second-order valence-corrected chi connectivity index (χ2v) is 4.84. The van der Waals surface area contributed by atoms with Gasteiger partial charge in [0.05, 0.1) is 22.8 Å². The Bertz CT molecular complexity index is 690. The molecular weight excluding hydrogens is 246 g/mol. The lowest BCUT2D eigenvalue weighted by Gasteiger charge is -2.05. The summed E-state index contributed by atoms with van der Waals surface area (Å²) in [6.07, 6.45) is 3.62. The maximum absolute atomic E-state index is 4.67. The monoisotopic (exact) mass is 261 g/mol. The molecule has 0 N–H and O–H groups in total. The van der Waals surface area contributed by atoms with Gasteiger partial charge in [0.25, 0.3) is 0 Å². The highest BCUT2D eigenvalue weighted by atomic mass is 14.8. The van der Waals surface area contributed by atoms with Gasteiger partial charge in [0.1, 0.15) is 0 Å². The minimum absolute atomic E-state index is 0.870. The molecule has 98 valence electrons. The Hall–Kier alpha value is -2.55. The largest absolute Gasteiger partial charge is 0.255 e. The van der Waals surface area contributed by atoms with Gasteiger partial charge >= 0.3 is 0 Å². The van der Waals surface area contributed by atoms with Crippen LogP contribution in [-0.2, 0) is 0 Å². The first-order valence-electron chi connectivity index (χ1n) is 6.55. The fraction of sp³-hybridized carbons (Fsp3) is 0.118. The van der Waals surface area contributed by atoms with Crippen LogP contribution in [0.5, 0.6) is 0 Å². The van der Waals surface area contributed by atoms with Gasteiger partial charge in [0, 0.05) is 12.4 Å². The average molecular weight is 261 g/mol. The molecule has 0 aliphatic carbocycles. The van der Waals surface area contributed by atoms with Crippen LogP contribution in [0, 0.1) is 13.8 Å². The smallest absolute Gasteiger partial charge is 0.0894 e. The molecule has 0 radical (unpaired) electrons. The third-order valence-electron chi connectivity index (χ3n) is 3.10. The van der Waals surface area contributed by atoms with E-state index >= 15 is 0 Å². The molecule has 3 heterocycles. The van der Waals surface area contributed by atoms with Crippen molar-refractivity contribution in [3.8, 4) is 22.8 Å². The molecule has 0 amide bonds. The minimum atomic E-state index is 0.870. The van der Waals surface area contributed by atoms with E-state index in [9.17, 15) is 0 Å². The van der Waals surface area contributed by atoms with E-state index in [1.165, 1.54) is 11.1 Å². The van der Waals surface area contributed by atoms with Crippen LogP contribution in [0.25, 0.3) is 22.8 Å². The van der Waals surface area contributed by atoms with E-state index in [2.05, 4.69) is 28.8 Å². The molecule has 0 saturated carbocycles. The highest BCUT2D eigenvalue weighted by Gasteiger charge is 2.05. The number of hydrogen-bond acceptors (Lipinski definition) is 3. The lowest BCUT2D eigenvalue weighted by Crippen LogP contribution is -1.92. The van der Waals surface area contributed by atoms with Crippen LogP contribution in [0.1, 0.15) is 11.1 Å². The molecule has 3 aromatic heterocycles. The first kappa shape index (κ1) is 12.5. The number of aryl methyl sites for hydroxylation is 2. The molecule has 3 nitrogen and oxygen atoms in total. The zero-order valence-corrected chi connectivity index (χ0v) is 11.5. The Morgan fingerprint density at radius 1 is 0.650 bits per heavy atom. The normalized spacial score (nSPS) is 10.5. The molecule has 0 saturated heterocycles. The van der Waals surface area contributed by atoms with Gasteiger partial charge in [0.2, 0.25) is 0 Å². The van der Waals surface area contributed by atoms with Crippen LogP contribution >= 0.6 is 0 Å². The van der Waals surface area contributed by atoms with Gasteiger partial charge in [-0.25, -0.2) is 4.98 Å². The number of aromatic nitrogens is 3. The third-order valence-corrected chi connectivity index (χ3v) is 3.10. The predicted octanol–water partition coefficient (Wildman–Crippen LogP) is 3.82. The number of rotatable bonds is 2. The van der Waals surface area contributed by atoms with E-state index in [1.54, 1.807) is 0 Å². The second kappa shape index (κ2) is 5.21. The summed E-state index contributed by atoms with van der Waals surface area (Å²) in [5.41, 5.74) is 5.87. The molecule has 0 spiro atoms. The highest BCUT2D eigenvalue weighted by molar-refractivity contribution is 5.62. The van der Waals surface area contributed by atoms with Gasteiger partial charge in [-0.05, 0) is 61.4 Å². The molecule has 0 unspecified atom stereocenters. The lowest BCUT2D eigenvalue weighted by molar-refractivity contribution is 1.20. The van der Waals surface area contributed by atoms with Crippen molar-refractivity contribution in [1.29, 1.82) is 0 Å². The Morgan fingerprint density at radius 3 is 1.60 bits per heavy atom. The summed E-state index contributed by atoms with van der Waals surface area (Å²) in [5.74, 6) is 0. The van der Waals surface area contributed by atoms with Crippen molar-refractivity contribution in [2.75, 3.05) is 0 Å². The Labute approximate surface area is 118 Å². The SMILES string of the molecule is Cc1ccnc(-c2cccc(-c3cc(C)ccn3)n2)c1. The van der Waals surface area contributed by atoms with Crippen LogP contribution in [0.2, 0.25) is 0 Å². The van der Waals surface area contributed by atoms with E-state index in [0.717, 1.165) is 22.8 Å². The standard InChI is InChI=1S/C17H15N3/c1-12-6-8-18-16(10-12)14-4-3-5-15(20-14)17-11-13(2)7-9-19-17/h3-11H,1-2H3. The Balaban J connectivity index is 2.06. The van der Waals surface area contributed by atoms with Crippen LogP contribution in [-0.4, -0.2) is 15.0 Å². The van der Waals surface area contributed by atoms with Crippen LogP contribution in [0.3, 0.4) is 0 Å². The van der Waals surface area contributed by atoms with Crippen molar-refractivity contribution >= 4 is 0 Å². The highest BCUT2D eigenvalue weighted by Crippen LogP contribution is 2.20. The molecule has 0 fully saturated rings. The summed E-state index contributed by atoms with van der Waals surface area (Å²) in [5, 5.41) is 0. The quantitative estimate of drug-likeness (QED) is 0.704. The van der Waals surface area contributed by atoms with Crippen molar-refractivity contribution in [1.82, 2.24) is 15.0 Å². The lowest BCUT2D eigenvalue weighted by atomic mass is 10.1. The van der Waals surface area contributed by atoms with Crippen molar-refractivity contribution < 1.29 is 0 Å². The van der Waals surface area contributed by atoms with E-state index in [-0.39, 0.29) is 0 Å². The number of nitrogens with zero attached hydrogens (tertiary/aromatic N) is 3. The molecular formula is C17H15N3. The first-order valence-corrected chi connectivity index (χ1v) is 6.55. The molecule has 3 heteroatoms. The number of hydrogen-bond donors (Lipinski definition) is 0. The fourth-order valence-corrected chi connectivity index (χ4v) is 2.07. The summed E-state index contributed by atoms with van der Waals surface area (Å²) >= 11 is 0. The maximum atomic E-state index is 4.67. The summed E-state index contributed by atoms with van der Waals surface area (Å²) in [6, 6.07) is 14.0. The van der Waals surface area contributed by atoms with Gasteiger partial charge in [-0.15, -0.1) is 0 Å². The van der Waals surface area contributed by atoms with Gasteiger partial charge in [-0.2, -0.15) is 0 Å². The maximum Gasteiger partial charge on any atom is 0.0894 e. The Kier molecular flexibility index (Phi) is 3.25. The van der Waals surface area contributed by atoms with Crippen LogP contribution < -0.4 is 0 Å². The van der Waals surface area contributed by atoms with Gasteiger partial charge in [-0.3, -0.25) is 9.97 Å². The molecule has 0 atom stereocenters. The van der Waals surface area contributed by atoms with Crippen molar-refractivity contribution in [2.45, 2.75) is 13.8 Å². The van der Waals surface area contributed by atoms with Crippen molar-refractivity contribution in [2.24, 2.45) is 0 Å². The molecule has 0 bridgehead atoms. The minimum Gasteiger partial charge on any atom is -0.255 e. The predicted molar refractivity (Wildman–Crippen MR) is 80.2 cm³/mol. The molecule has 20 heavy (non-hydrogen) atoms. The zero-order chi connectivity index (χ0) is 13.9. The average Bonchev–Trinajstić information content (AvgIpc) is 2.47. The number of pyridine rings is 3. The first-order chi connectivity index (χ1) is 9.72. The third kappa shape index (κ3) is 2.57. The van der Waals surface area contributed by atoms with Gasteiger partial charge < -0.3 is 0 Å². The molecule has 0 aromatic carbocycles. The summed E-state index contributed by atoms with van der Waals surface area (Å²) in [6.45, 7) is 4.11. The van der Waals surface area contributed by atoms with Crippen molar-refractivity contribution in [3.05, 3.63) is 66.0 Å². The van der Waals surface area contributed by atoms with E-state index < -0.39 is 0 Å². The zero-order valence-electron chi connectivity index (χ0n) is 11.5. The topological polar surface area (TPSA) is 38.7 Å². The summed E-state index contributed by atoms with van der Waals surface area (Å²) < 4.78 is 0. The molecule has 0 aliphatic heterocycles. The van der Waals surface area contributed by atoms with Crippen LogP contribution in [0.4, 0.5) is 0 Å².